The summed E-state index contributed by atoms with van der Waals surface area (Å²) >= 11 is 1.63. The lowest BCUT2D eigenvalue weighted by Gasteiger charge is -2.28. The molecule has 0 bridgehead atoms. The summed E-state index contributed by atoms with van der Waals surface area (Å²) in [6.07, 6.45) is 3.56. The minimum atomic E-state index is 0.0682. The SMILES string of the molecule is Cc1ccnc(-c2ccnc3ccsc23)c1C(=O)N1CCNCC1. The van der Waals surface area contributed by atoms with Crippen LogP contribution < -0.4 is 5.32 Å². The number of rotatable bonds is 2. The van der Waals surface area contributed by atoms with Gasteiger partial charge in [0, 0.05) is 44.1 Å². The molecule has 0 radical (unpaired) electrons. The Morgan fingerprint density at radius 2 is 1.96 bits per heavy atom. The van der Waals surface area contributed by atoms with Crippen LogP contribution >= 0.6 is 11.3 Å². The van der Waals surface area contributed by atoms with Crippen molar-refractivity contribution in [1.29, 1.82) is 0 Å². The largest absolute Gasteiger partial charge is 0.336 e. The van der Waals surface area contributed by atoms with E-state index in [9.17, 15) is 4.79 Å². The molecule has 122 valence electrons. The summed E-state index contributed by atoms with van der Waals surface area (Å²) in [4.78, 5) is 24.0. The van der Waals surface area contributed by atoms with Crippen molar-refractivity contribution >= 4 is 27.5 Å². The molecule has 0 unspecified atom stereocenters. The number of aromatic nitrogens is 2. The first-order valence-electron chi connectivity index (χ1n) is 8.04. The highest BCUT2D eigenvalue weighted by Gasteiger charge is 2.24. The highest BCUT2D eigenvalue weighted by molar-refractivity contribution is 7.17. The number of thiophene rings is 1. The van der Waals surface area contributed by atoms with Crippen LogP contribution in [0.1, 0.15) is 15.9 Å². The third-order valence-electron chi connectivity index (χ3n) is 4.38. The van der Waals surface area contributed by atoms with Crippen molar-refractivity contribution in [2.45, 2.75) is 6.92 Å². The standard InChI is InChI=1S/C18H18N4OS/c1-12-2-5-21-16(13-3-6-20-14-4-11-24-17(13)14)15(12)18(23)22-9-7-19-8-10-22/h2-6,11,19H,7-10H2,1H3. The fourth-order valence-corrected chi connectivity index (χ4v) is 3.98. The number of amides is 1. The van der Waals surface area contributed by atoms with E-state index in [0.29, 0.717) is 5.56 Å². The van der Waals surface area contributed by atoms with Gasteiger partial charge in [-0.15, -0.1) is 11.3 Å². The fraction of sp³-hybridized carbons (Fsp3) is 0.278. The van der Waals surface area contributed by atoms with Gasteiger partial charge in [-0.1, -0.05) is 0 Å². The second kappa shape index (κ2) is 6.30. The van der Waals surface area contributed by atoms with Crippen LogP contribution in [0.15, 0.2) is 36.0 Å². The number of nitrogens with one attached hydrogen (secondary N) is 1. The Kier molecular flexibility index (Phi) is 4.00. The summed E-state index contributed by atoms with van der Waals surface area (Å²) in [5.74, 6) is 0.0682. The minimum absolute atomic E-state index is 0.0682. The van der Waals surface area contributed by atoms with E-state index in [1.165, 1.54) is 0 Å². The van der Waals surface area contributed by atoms with Gasteiger partial charge < -0.3 is 10.2 Å². The fourth-order valence-electron chi connectivity index (χ4n) is 3.12. The number of carbonyl (C=O) groups excluding carboxylic acids is 1. The predicted molar refractivity (Wildman–Crippen MR) is 96.4 cm³/mol. The molecule has 1 N–H and O–H groups in total. The second-order valence-electron chi connectivity index (χ2n) is 5.89. The van der Waals surface area contributed by atoms with E-state index in [2.05, 4.69) is 15.3 Å². The first-order chi connectivity index (χ1) is 11.8. The van der Waals surface area contributed by atoms with Crippen molar-refractivity contribution in [2.24, 2.45) is 0 Å². The van der Waals surface area contributed by atoms with E-state index in [1.807, 2.05) is 35.4 Å². The first-order valence-corrected chi connectivity index (χ1v) is 8.92. The van der Waals surface area contributed by atoms with Gasteiger partial charge in [0.2, 0.25) is 0 Å². The molecule has 1 fully saturated rings. The van der Waals surface area contributed by atoms with E-state index in [0.717, 1.165) is 53.2 Å². The smallest absolute Gasteiger partial charge is 0.256 e. The molecule has 1 aliphatic heterocycles. The number of hydrogen-bond donors (Lipinski definition) is 1. The average Bonchev–Trinajstić information content (AvgIpc) is 3.10. The van der Waals surface area contributed by atoms with Crippen molar-refractivity contribution in [3.8, 4) is 11.3 Å². The Balaban J connectivity index is 1.86. The van der Waals surface area contributed by atoms with E-state index >= 15 is 0 Å². The first kappa shape index (κ1) is 15.2. The molecule has 5 nitrogen and oxygen atoms in total. The van der Waals surface area contributed by atoms with Gasteiger partial charge >= 0.3 is 0 Å². The molecule has 0 aliphatic carbocycles. The zero-order valence-electron chi connectivity index (χ0n) is 13.5. The Hall–Kier alpha value is -2.31. The minimum Gasteiger partial charge on any atom is -0.336 e. The average molecular weight is 338 g/mol. The summed E-state index contributed by atoms with van der Waals surface area (Å²) in [6, 6.07) is 5.86. The van der Waals surface area contributed by atoms with Gasteiger partial charge in [-0.05, 0) is 36.1 Å². The maximum absolute atomic E-state index is 13.1. The molecule has 0 saturated carbocycles. The molecule has 6 heteroatoms. The zero-order chi connectivity index (χ0) is 16.5. The Morgan fingerprint density at radius 1 is 1.17 bits per heavy atom. The molecule has 4 heterocycles. The number of carbonyl (C=O) groups is 1. The highest BCUT2D eigenvalue weighted by atomic mass is 32.1. The molecule has 0 spiro atoms. The number of hydrogen-bond acceptors (Lipinski definition) is 5. The van der Waals surface area contributed by atoms with E-state index < -0.39 is 0 Å². The van der Waals surface area contributed by atoms with Crippen molar-refractivity contribution < 1.29 is 4.79 Å². The predicted octanol–water partition coefficient (Wildman–Crippen LogP) is 2.71. The molecule has 0 aromatic carbocycles. The summed E-state index contributed by atoms with van der Waals surface area (Å²) in [5, 5.41) is 5.31. The Morgan fingerprint density at radius 3 is 2.79 bits per heavy atom. The zero-order valence-corrected chi connectivity index (χ0v) is 14.3. The molecule has 3 aromatic heterocycles. The lowest BCUT2D eigenvalue weighted by atomic mass is 10.0. The summed E-state index contributed by atoms with van der Waals surface area (Å²) in [7, 11) is 0. The molecule has 4 rings (SSSR count). The number of pyridine rings is 2. The van der Waals surface area contributed by atoms with Crippen LogP contribution in [0.5, 0.6) is 0 Å². The molecule has 1 amide bonds. The highest BCUT2D eigenvalue weighted by Crippen LogP contribution is 2.33. The Labute approximate surface area is 144 Å². The van der Waals surface area contributed by atoms with Crippen molar-refractivity contribution in [1.82, 2.24) is 20.2 Å². The van der Waals surface area contributed by atoms with Crippen LogP contribution in [0, 0.1) is 6.92 Å². The van der Waals surface area contributed by atoms with Gasteiger partial charge in [-0.2, -0.15) is 0 Å². The normalized spacial score (nSPS) is 15.0. The van der Waals surface area contributed by atoms with Crippen LogP contribution in [0.25, 0.3) is 21.5 Å². The molecule has 24 heavy (non-hydrogen) atoms. The van der Waals surface area contributed by atoms with Crippen LogP contribution in [-0.4, -0.2) is 47.0 Å². The van der Waals surface area contributed by atoms with Crippen molar-refractivity contribution in [3.05, 3.63) is 47.1 Å². The third-order valence-corrected chi connectivity index (χ3v) is 5.31. The van der Waals surface area contributed by atoms with Crippen LogP contribution in [0.2, 0.25) is 0 Å². The molecule has 1 saturated heterocycles. The molecule has 3 aromatic rings. The monoisotopic (exact) mass is 338 g/mol. The lowest BCUT2D eigenvalue weighted by Crippen LogP contribution is -2.46. The quantitative estimate of drug-likeness (QED) is 0.780. The van der Waals surface area contributed by atoms with Crippen molar-refractivity contribution in [2.75, 3.05) is 26.2 Å². The second-order valence-corrected chi connectivity index (χ2v) is 6.80. The van der Waals surface area contributed by atoms with Crippen LogP contribution in [0.3, 0.4) is 0 Å². The summed E-state index contributed by atoms with van der Waals surface area (Å²) in [6.45, 7) is 5.12. The molecule has 0 atom stereocenters. The number of nitrogens with zero attached hydrogens (tertiary/aromatic N) is 3. The summed E-state index contributed by atoms with van der Waals surface area (Å²) < 4.78 is 1.07. The topological polar surface area (TPSA) is 58.1 Å². The number of fused-ring (bicyclic) bond motifs is 1. The molecule has 1 aliphatic rings. The Bertz CT molecular complexity index is 899. The lowest BCUT2D eigenvalue weighted by molar-refractivity contribution is 0.0735. The van der Waals surface area contributed by atoms with E-state index in [1.54, 1.807) is 23.7 Å². The number of piperazine rings is 1. The van der Waals surface area contributed by atoms with Gasteiger partial charge in [-0.3, -0.25) is 14.8 Å². The molecular formula is C18H18N4OS. The van der Waals surface area contributed by atoms with Crippen LogP contribution in [0.4, 0.5) is 0 Å². The van der Waals surface area contributed by atoms with Crippen molar-refractivity contribution in [3.63, 3.8) is 0 Å². The summed E-state index contributed by atoms with van der Waals surface area (Å²) in [5.41, 5.74) is 4.36. The van der Waals surface area contributed by atoms with Gasteiger partial charge in [0.25, 0.3) is 5.91 Å². The third kappa shape index (κ3) is 2.57. The number of aryl methyl sites for hydroxylation is 1. The van der Waals surface area contributed by atoms with Crippen LogP contribution in [-0.2, 0) is 0 Å². The maximum atomic E-state index is 13.1. The van der Waals surface area contributed by atoms with Gasteiger partial charge in [0.1, 0.15) is 0 Å². The van der Waals surface area contributed by atoms with E-state index in [-0.39, 0.29) is 5.91 Å². The maximum Gasteiger partial charge on any atom is 0.256 e. The van der Waals surface area contributed by atoms with Gasteiger partial charge in [-0.25, -0.2) is 0 Å². The van der Waals surface area contributed by atoms with Gasteiger partial charge in [0.05, 0.1) is 21.5 Å². The van der Waals surface area contributed by atoms with Gasteiger partial charge in [0.15, 0.2) is 0 Å². The van der Waals surface area contributed by atoms with E-state index in [4.69, 9.17) is 0 Å². The molecular weight excluding hydrogens is 320 g/mol.